The van der Waals surface area contributed by atoms with Crippen molar-refractivity contribution in [3.63, 3.8) is 0 Å². The first-order valence-corrected chi connectivity index (χ1v) is 7.00. The van der Waals surface area contributed by atoms with Gasteiger partial charge in [-0.1, -0.05) is 11.3 Å². The molecular weight excluding hydrogens is 222 g/mol. The van der Waals surface area contributed by atoms with Crippen LogP contribution < -0.4 is 5.73 Å². The van der Waals surface area contributed by atoms with E-state index < -0.39 is 9.84 Å². The molecule has 1 aliphatic rings. The van der Waals surface area contributed by atoms with Gasteiger partial charge >= 0.3 is 0 Å². The van der Waals surface area contributed by atoms with Gasteiger partial charge in [0.25, 0.3) is 0 Å². The summed E-state index contributed by atoms with van der Waals surface area (Å²) in [6, 6.07) is 0. The lowest BCUT2D eigenvalue weighted by Gasteiger charge is -2.18. The molecule has 0 amide bonds. The molecule has 0 aliphatic carbocycles. The van der Waals surface area contributed by atoms with Crippen LogP contribution >= 0.6 is 11.3 Å². The maximum Gasteiger partial charge on any atom is 0.203 e. The minimum absolute atomic E-state index is 0.230. The van der Waals surface area contributed by atoms with Gasteiger partial charge in [0.05, 0.1) is 11.5 Å². The van der Waals surface area contributed by atoms with Gasteiger partial charge in [0.1, 0.15) is 14.8 Å². The van der Waals surface area contributed by atoms with Crippen LogP contribution in [-0.2, 0) is 9.84 Å². The SMILES string of the molecule is Nc1nnc(C2CCS(=O)(=O)CC2)s1. The molecule has 7 heteroatoms. The molecule has 2 N–H and O–H groups in total. The topological polar surface area (TPSA) is 85.9 Å². The van der Waals surface area contributed by atoms with E-state index in [1.54, 1.807) is 0 Å². The summed E-state index contributed by atoms with van der Waals surface area (Å²) in [7, 11) is -2.79. The standard InChI is InChI=1S/C7H11N3O2S2/c8-7-10-9-6(13-7)5-1-3-14(11,12)4-2-5/h5H,1-4H2,(H2,8,10). The zero-order chi connectivity index (χ0) is 10.2. The van der Waals surface area contributed by atoms with Crippen molar-refractivity contribution in [1.82, 2.24) is 10.2 Å². The molecule has 0 bridgehead atoms. The molecule has 1 aromatic rings. The lowest BCUT2D eigenvalue weighted by atomic mass is 10.0. The Hall–Kier alpha value is -0.690. The van der Waals surface area contributed by atoms with E-state index in [1.165, 1.54) is 11.3 Å². The molecule has 0 spiro atoms. The molecule has 0 aromatic carbocycles. The number of sulfone groups is 1. The van der Waals surface area contributed by atoms with Crippen molar-refractivity contribution in [1.29, 1.82) is 0 Å². The van der Waals surface area contributed by atoms with Gasteiger partial charge in [0, 0.05) is 5.92 Å². The number of aromatic nitrogens is 2. The van der Waals surface area contributed by atoms with Crippen molar-refractivity contribution in [3.05, 3.63) is 5.01 Å². The van der Waals surface area contributed by atoms with Crippen LogP contribution in [0, 0.1) is 0 Å². The average molecular weight is 233 g/mol. The summed E-state index contributed by atoms with van der Waals surface area (Å²) < 4.78 is 22.4. The van der Waals surface area contributed by atoms with Crippen molar-refractivity contribution < 1.29 is 8.42 Å². The third-order valence-electron chi connectivity index (χ3n) is 2.36. The lowest BCUT2D eigenvalue weighted by molar-refractivity contribution is 0.547. The summed E-state index contributed by atoms with van der Waals surface area (Å²) in [6.07, 6.45) is 1.30. The number of nitrogens with zero attached hydrogens (tertiary/aromatic N) is 2. The van der Waals surface area contributed by atoms with Crippen molar-refractivity contribution >= 4 is 26.3 Å². The molecule has 78 valence electrons. The fourth-order valence-electron chi connectivity index (χ4n) is 1.55. The predicted molar refractivity (Wildman–Crippen MR) is 55.0 cm³/mol. The molecule has 1 saturated heterocycles. The van der Waals surface area contributed by atoms with Crippen LogP contribution in [0.5, 0.6) is 0 Å². The summed E-state index contributed by atoms with van der Waals surface area (Å²) >= 11 is 1.36. The molecule has 0 radical (unpaired) electrons. The molecule has 0 saturated carbocycles. The van der Waals surface area contributed by atoms with Gasteiger partial charge in [-0.3, -0.25) is 0 Å². The van der Waals surface area contributed by atoms with Gasteiger partial charge in [-0.25, -0.2) is 8.42 Å². The summed E-state index contributed by atoms with van der Waals surface area (Å²) in [4.78, 5) is 0. The van der Waals surface area contributed by atoms with Gasteiger partial charge in [0.15, 0.2) is 0 Å². The van der Waals surface area contributed by atoms with E-state index in [-0.39, 0.29) is 17.4 Å². The Morgan fingerprint density at radius 3 is 2.43 bits per heavy atom. The van der Waals surface area contributed by atoms with Crippen molar-refractivity contribution in [2.75, 3.05) is 17.2 Å². The second-order valence-electron chi connectivity index (χ2n) is 3.40. The molecule has 1 aromatic heterocycles. The zero-order valence-electron chi connectivity index (χ0n) is 7.51. The highest BCUT2D eigenvalue weighted by Gasteiger charge is 2.26. The lowest BCUT2D eigenvalue weighted by Crippen LogP contribution is -2.22. The van der Waals surface area contributed by atoms with E-state index in [0.717, 1.165) is 5.01 Å². The van der Waals surface area contributed by atoms with Gasteiger partial charge in [0.2, 0.25) is 5.13 Å². The fourth-order valence-corrected chi connectivity index (χ4v) is 3.82. The first-order chi connectivity index (χ1) is 6.57. The molecule has 14 heavy (non-hydrogen) atoms. The second kappa shape index (κ2) is 3.47. The highest BCUT2D eigenvalue weighted by Crippen LogP contribution is 2.31. The largest absolute Gasteiger partial charge is 0.374 e. The molecule has 1 fully saturated rings. The van der Waals surface area contributed by atoms with E-state index in [1.807, 2.05) is 0 Å². The third-order valence-corrected chi connectivity index (χ3v) is 4.99. The number of anilines is 1. The Morgan fingerprint density at radius 1 is 1.29 bits per heavy atom. The van der Waals surface area contributed by atoms with Crippen LogP contribution in [0.1, 0.15) is 23.8 Å². The monoisotopic (exact) mass is 233 g/mol. The molecule has 5 nitrogen and oxygen atoms in total. The van der Waals surface area contributed by atoms with Crippen LogP contribution in [0.4, 0.5) is 5.13 Å². The van der Waals surface area contributed by atoms with E-state index in [2.05, 4.69) is 10.2 Å². The molecular formula is C7H11N3O2S2. The number of hydrogen-bond donors (Lipinski definition) is 1. The maximum atomic E-state index is 11.2. The van der Waals surface area contributed by atoms with Crippen LogP contribution in [0.3, 0.4) is 0 Å². The number of nitrogen functional groups attached to an aromatic ring is 1. The molecule has 1 aliphatic heterocycles. The molecule has 0 unspecified atom stereocenters. The van der Waals surface area contributed by atoms with Gasteiger partial charge < -0.3 is 5.73 Å². The summed E-state index contributed by atoms with van der Waals surface area (Å²) in [5.74, 6) is 0.752. The summed E-state index contributed by atoms with van der Waals surface area (Å²) in [6.45, 7) is 0. The van der Waals surface area contributed by atoms with E-state index in [9.17, 15) is 8.42 Å². The third kappa shape index (κ3) is 2.03. The number of hydrogen-bond acceptors (Lipinski definition) is 6. The number of nitrogens with two attached hydrogens (primary N) is 1. The molecule has 0 atom stereocenters. The first kappa shape index (κ1) is 9.85. The normalized spacial score (nSPS) is 22.3. The first-order valence-electron chi connectivity index (χ1n) is 4.36. The highest BCUT2D eigenvalue weighted by atomic mass is 32.2. The predicted octanol–water partition coefficient (Wildman–Crippen LogP) is 0.412. The zero-order valence-corrected chi connectivity index (χ0v) is 9.14. The van der Waals surface area contributed by atoms with Crippen LogP contribution in [0.15, 0.2) is 0 Å². The summed E-state index contributed by atoms with van der Waals surface area (Å²) in [5, 5.41) is 8.99. The summed E-state index contributed by atoms with van der Waals surface area (Å²) in [5.41, 5.74) is 5.47. The highest BCUT2D eigenvalue weighted by molar-refractivity contribution is 7.91. The maximum absolute atomic E-state index is 11.2. The van der Waals surface area contributed by atoms with Crippen molar-refractivity contribution in [3.8, 4) is 0 Å². The fraction of sp³-hybridized carbons (Fsp3) is 0.714. The van der Waals surface area contributed by atoms with Gasteiger partial charge in [-0.15, -0.1) is 10.2 Å². The van der Waals surface area contributed by atoms with Crippen LogP contribution in [0.2, 0.25) is 0 Å². The molecule has 2 rings (SSSR count). The Labute approximate surface area is 86.3 Å². The van der Waals surface area contributed by atoms with E-state index >= 15 is 0 Å². The molecule has 2 heterocycles. The smallest absolute Gasteiger partial charge is 0.203 e. The van der Waals surface area contributed by atoms with Gasteiger partial charge in [-0.05, 0) is 12.8 Å². The van der Waals surface area contributed by atoms with E-state index in [4.69, 9.17) is 5.73 Å². The average Bonchev–Trinajstić information content (AvgIpc) is 2.52. The quantitative estimate of drug-likeness (QED) is 0.759. The Balaban J connectivity index is 2.09. The van der Waals surface area contributed by atoms with Crippen LogP contribution in [-0.4, -0.2) is 30.1 Å². The Morgan fingerprint density at radius 2 is 1.93 bits per heavy atom. The van der Waals surface area contributed by atoms with Gasteiger partial charge in [-0.2, -0.15) is 0 Å². The Kier molecular flexibility index (Phi) is 2.44. The van der Waals surface area contributed by atoms with Crippen molar-refractivity contribution in [2.45, 2.75) is 18.8 Å². The minimum atomic E-state index is -2.79. The van der Waals surface area contributed by atoms with Crippen molar-refractivity contribution in [2.24, 2.45) is 0 Å². The van der Waals surface area contributed by atoms with E-state index in [0.29, 0.717) is 18.0 Å². The minimum Gasteiger partial charge on any atom is -0.374 e. The Bertz CT molecular complexity index is 412. The number of rotatable bonds is 1. The second-order valence-corrected chi connectivity index (χ2v) is 6.75. The van der Waals surface area contributed by atoms with Crippen LogP contribution in [0.25, 0.3) is 0 Å².